The molecule has 1 saturated heterocycles. The topological polar surface area (TPSA) is 51.1 Å². The Morgan fingerprint density at radius 3 is 2.88 bits per heavy atom. The molecule has 1 aromatic heterocycles. The molecule has 2 heterocycles. The third-order valence-electron chi connectivity index (χ3n) is 5.48. The average Bonchev–Trinajstić information content (AvgIpc) is 3.31. The first-order chi connectivity index (χ1) is 12.4. The lowest BCUT2D eigenvalue weighted by atomic mass is 9.94. The molecule has 1 aromatic carbocycles. The second kappa shape index (κ2) is 9.51. The van der Waals surface area contributed by atoms with E-state index >= 15 is 0 Å². The minimum absolute atomic E-state index is 0. The van der Waals surface area contributed by atoms with E-state index in [4.69, 9.17) is 4.74 Å². The van der Waals surface area contributed by atoms with E-state index in [0.29, 0.717) is 18.0 Å². The van der Waals surface area contributed by atoms with Crippen molar-refractivity contribution in [1.29, 1.82) is 0 Å². The van der Waals surface area contributed by atoms with Crippen molar-refractivity contribution in [2.75, 3.05) is 19.8 Å². The molecule has 26 heavy (non-hydrogen) atoms. The van der Waals surface area contributed by atoms with Crippen LogP contribution in [0.2, 0.25) is 0 Å². The lowest BCUT2D eigenvalue weighted by molar-refractivity contribution is 0.0524. The Labute approximate surface area is 161 Å². The van der Waals surface area contributed by atoms with Crippen LogP contribution in [-0.2, 0) is 17.8 Å². The van der Waals surface area contributed by atoms with Crippen LogP contribution in [-0.4, -0.2) is 41.6 Å². The van der Waals surface area contributed by atoms with Gasteiger partial charge in [0.15, 0.2) is 0 Å². The maximum atomic E-state index is 5.66. The molecule has 0 spiro atoms. The average molecular weight is 377 g/mol. The fraction of sp³-hybridized carbons (Fsp3) is 0.550. The Hall–Kier alpha value is -1.40. The van der Waals surface area contributed by atoms with Gasteiger partial charge in [-0.3, -0.25) is 4.68 Å². The second-order valence-corrected chi connectivity index (χ2v) is 7.25. The number of nitrogens with one attached hydrogen (secondary N) is 2. The molecule has 142 valence electrons. The second-order valence-electron chi connectivity index (χ2n) is 7.25. The molecule has 0 bridgehead atoms. The molecule has 2 fully saturated rings. The Morgan fingerprint density at radius 2 is 2.08 bits per heavy atom. The van der Waals surface area contributed by atoms with Gasteiger partial charge in [0.05, 0.1) is 26.0 Å². The van der Waals surface area contributed by atoms with Crippen molar-refractivity contribution in [3.05, 3.63) is 53.9 Å². The summed E-state index contributed by atoms with van der Waals surface area (Å²) in [4.78, 5) is 0. The van der Waals surface area contributed by atoms with Gasteiger partial charge in [0.1, 0.15) is 0 Å². The summed E-state index contributed by atoms with van der Waals surface area (Å²) in [5.41, 5.74) is 2.54. The summed E-state index contributed by atoms with van der Waals surface area (Å²) in [6.07, 6.45) is 8.02. The van der Waals surface area contributed by atoms with Crippen LogP contribution in [0, 0.1) is 5.92 Å². The number of nitrogens with zero attached hydrogens (tertiary/aromatic N) is 2. The van der Waals surface area contributed by atoms with Crippen molar-refractivity contribution in [3.63, 3.8) is 0 Å². The Bertz CT molecular complexity index is 657. The van der Waals surface area contributed by atoms with Crippen LogP contribution < -0.4 is 10.6 Å². The van der Waals surface area contributed by atoms with E-state index in [1.54, 1.807) is 0 Å². The standard InChI is InChI=1S/C20H28N4O.ClH/c1-2-5-16(6-3-1)13-24-14-17(12-23-24)11-22-19-8-4-7-18(19)20-15-25-10-9-21-20;/h1-3,5-6,12,14,18-22H,4,7-11,13,15H2;1H. The van der Waals surface area contributed by atoms with E-state index in [2.05, 4.69) is 46.2 Å². The van der Waals surface area contributed by atoms with Crippen molar-refractivity contribution in [2.45, 2.75) is 44.4 Å². The molecule has 3 atom stereocenters. The third kappa shape index (κ3) is 4.86. The molecule has 0 radical (unpaired) electrons. The highest BCUT2D eigenvalue weighted by Crippen LogP contribution is 2.29. The molecule has 2 aliphatic rings. The van der Waals surface area contributed by atoms with E-state index in [0.717, 1.165) is 32.8 Å². The van der Waals surface area contributed by atoms with Gasteiger partial charge in [-0.05, 0) is 24.3 Å². The number of rotatable bonds is 6. The van der Waals surface area contributed by atoms with E-state index < -0.39 is 0 Å². The van der Waals surface area contributed by atoms with Gasteiger partial charge in [-0.2, -0.15) is 5.10 Å². The molecule has 6 heteroatoms. The maximum Gasteiger partial charge on any atom is 0.0659 e. The smallest absolute Gasteiger partial charge is 0.0659 e. The number of benzene rings is 1. The predicted octanol–water partition coefficient (Wildman–Crippen LogP) is 2.60. The first-order valence-corrected chi connectivity index (χ1v) is 9.48. The molecule has 4 rings (SSSR count). The number of ether oxygens (including phenoxy) is 1. The van der Waals surface area contributed by atoms with Crippen LogP contribution in [0.3, 0.4) is 0 Å². The van der Waals surface area contributed by atoms with Gasteiger partial charge < -0.3 is 15.4 Å². The van der Waals surface area contributed by atoms with Crippen LogP contribution in [0.4, 0.5) is 0 Å². The molecule has 1 aliphatic carbocycles. The van der Waals surface area contributed by atoms with Gasteiger partial charge in [-0.25, -0.2) is 0 Å². The van der Waals surface area contributed by atoms with Gasteiger partial charge in [0.25, 0.3) is 0 Å². The number of morpholine rings is 1. The quantitative estimate of drug-likeness (QED) is 0.813. The van der Waals surface area contributed by atoms with E-state index in [1.165, 1.54) is 30.4 Å². The molecule has 3 unspecified atom stereocenters. The summed E-state index contributed by atoms with van der Waals surface area (Å²) < 4.78 is 7.68. The Balaban J connectivity index is 0.00000196. The maximum absolute atomic E-state index is 5.66. The van der Waals surface area contributed by atoms with E-state index in [9.17, 15) is 0 Å². The molecule has 0 amide bonds. The summed E-state index contributed by atoms with van der Waals surface area (Å²) >= 11 is 0. The lowest BCUT2D eigenvalue weighted by Gasteiger charge is -2.33. The van der Waals surface area contributed by atoms with Crippen LogP contribution in [0.15, 0.2) is 42.7 Å². The zero-order valence-corrected chi connectivity index (χ0v) is 16.0. The van der Waals surface area contributed by atoms with Crippen LogP contribution in [0.1, 0.15) is 30.4 Å². The zero-order valence-electron chi connectivity index (χ0n) is 15.1. The highest BCUT2D eigenvalue weighted by molar-refractivity contribution is 5.85. The molecular weight excluding hydrogens is 348 g/mol. The fourth-order valence-electron chi connectivity index (χ4n) is 4.19. The number of aromatic nitrogens is 2. The lowest BCUT2D eigenvalue weighted by Crippen LogP contribution is -2.50. The van der Waals surface area contributed by atoms with Crippen LogP contribution in [0.5, 0.6) is 0 Å². The van der Waals surface area contributed by atoms with Gasteiger partial charge in [0, 0.05) is 36.9 Å². The monoisotopic (exact) mass is 376 g/mol. The predicted molar refractivity (Wildman–Crippen MR) is 106 cm³/mol. The normalized spacial score (nSPS) is 25.8. The van der Waals surface area contributed by atoms with E-state index in [1.807, 2.05) is 16.9 Å². The molecule has 2 aromatic rings. The minimum Gasteiger partial charge on any atom is -0.379 e. The number of hydrogen-bond donors (Lipinski definition) is 2. The van der Waals surface area contributed by atoms with Crippen LogP contribution in [0.25, 0.3) is 0 Å². The molecule has 1 aliphatic heterocycles. The molecule has 2 N–H and O–H groups in total. The SMILES string of the molecule is Cl.c1ccc(Cn2cc(CNC3CCCC3C3COCCN3)cn2)cc1. The van der Waals surface area contributed by atoms with Gasteiger partial charge in [-0.15, -0.1) is 12.4 Å². The molecular formula is C20H29ClN4O. The number of hydrogen-bond acceptors (Lipinski definition) is 4. The first-order valence-electron chi connectivity index (χ1n) is 9.48. The Morgan fingerprint density at radius 1 is 1.19 bits per heavy atom. The van der Waals surface area contributed by atoms with Gasteiger partial charge in [0.2, 0.25) is 0 Å². The van der Waals surface area contributed by atoms with Crippen molar-refractivity contribution in [1.82, 2.24) is 20.4 Å². The summed E-state index contributed by atoms with van der Waals surface area (Å²) in [7, 11) is 0. The third-order valence-corrected chi connectivity index (χ3v) is 5.48. The summed E-state index contributed by atoms with van der Waals surface area (Å²) in [5, 5.41) is 11.9. The molecule has 5 nitrogen and oxygen atoms in total. The van der Waals surface area contributed by atoms with E-state index in [-0.39, 0.29) is 12.4 Å². The number of halogens is 1. The zero-order chi connectivity index (χ0) is 16.9. The van der Waals surface area contributed by atoms with Gasteiger partial charge in [-0.1, -0.05) is 36.8 Å². The largest absolute Gasteiger partial charge is 0.379 e. The van der Waals surface area contributed by atoms with Crippen molar-refractivity contribution < 1.29 is 4.74 Å². The van der Waals surface area contributed by atoms with Gasteiger partial charge >= 0.3 is 0 Å². The van der Waals surface area contributed by atoms with Crippen molar-refractivity contribution in [2.24, 2.45) is 5.92 Å². The highest BCUT2D eigenvalue weighted by atomic mass is 35.5. The first kappa shape index (κ1) is 19.4. The molecule has 1 saturated carbocycles. The summed E-state index contributed by atoms with van der Waals surface area (Å²) in [6.45, 7) is 4.42. The fourth-order valence-corrected chi connectivity index (χ4v) is 4.19. The highest BCUT2D eigenvalue weighted by Gasteiger charge is 2.34. The van der Waals surface area contributed by atoms with Crippen LogP contribution >= 0.6 is 12.4 Å². The summed E-state index contributed by atoms with van der Waals surface area (Å²) in [6, 6.07) is 11.6. The minimum atomic E-state index is 0. The van der Waals surface area contributed by atoms with Crippen molar-refractivity contribution in [3.8, 4) is 0 Å². The Kier molecular flexibility index (Phi) is 7.08. The summed E-state index contributed by atoms with van der Waals surface area (Å²) in [5.74, 6) is 0.680. The van der Waals surface area contributed by atoms with Crippen molar-refractivity contribution >= 4 is 12.4 Å².